The van der Waals surface area contributed by atoms with E-state index in [9.17, 15) is 21.6 Å². The van der Waals surface area contributed by atoms with Crippen LogP contribution < -0.4 is 0 Å². The number of hydrogen-bond donors (Lipinski definition) is 0. The fourth-order valence-electron chi connectivity index (χ4n) is 7.37. The van der Waals surface area contributed by atoms with Gasteiger partial charge in [0, 0.05) is 70.5 Å². The van der Waals surface area contributed by atoms with Gasteiger partial charge in [-0.2, -0.15) is 21.3 Å². The molecule has 10 nitrogen and oxygen atoms in total. The van der Waals surface area contributed by atoms with E-state index in [-0.39, 0.29) is 29.8 Å². The van der Waals surface area contributed by atoms with E-state index in [0.717, 1.165) is 37.2 Å². The molecule has 1 aliphatic carbocycles. The molecule has 2 heterocycles. The van der Waals surface area contributed by atoms with Gasteiger partial charge in [-0.15, -0.1) is 0 Å². The summed E-state index contributed by atoms with van der Waals surface area (Å²) in [4.78, 5) is 16.5. The summed E-state index contributed by atoms with van der Waals surface area (Å²) in [6.07, 6.45) is 8.21. The van der Waals surface area contributed by atoms with Crippen LogP contribution in [-0.2, 0) is 33.2 Å². The highest BCUT2D eigenvalue weighted by Gasteiger charge is 2.35. The number of amides is 1. The van der Waals surface area contributed by atoms with Crippen molar-refractivity contribution in [1.82, 2.24) is 22.7 Å². The Morgan fingerprint density at radius 1 is 0.792 bits per heavy atom. The van der Waals surface area contributed by atoms with Gasteiger partial charge in [0.05, 0.1) is 4.90 Å². The standard InChI is InChI=1S/C35H52ClN5O5S2/c1-28-24-39(47(43,44)34-15-12-30(13-16-34)35(42)37(2)3)20-7-18-38(26-29-9-5-4-6-10-29)19-8-21-40(25-28)48(45,46)41-22-17-31-23-33(36)14-11-32(31)27-41/h11-16,23,28-29H,4-10,17-22,24-27H2,1-3H3/t28-/m0/s1. The van der Waals surface area contributed by atoms with E-state index >= 15 is 0 Å². The topological polar surface area (TPSA) is 102 Å². The Morgan fingerprint density at radius 2 is 1.44 bits per heavy atom. The van der Waals surface area contributed by atoms with Crippen LogP contribution in [0.3, 0.4) is 0 Å². The van der Waals surface area contributed by atoms with Gasteiger partial charge in [-0.25, -0.2) is 8.42 Å². The lowest BCUT2D eigenvalue weighted by Crippen LogP contribution is -2.49. The highest BCUT2D eigenvalue weighted by molar-refractivity contribution is 7.89. The third kappa shape index (κ3) is 9.18. The Bertz CT molecular complexity index is 1610. The molecule has 0 radical (unpaired) electrons. The Hall–Kier alpha value is -2.06. The van der Waals surface area contributed by atoms with Crippen molar-refractivity contribution in [1.29, 1.82) is 0 Å². The third-order valence-corrected chi connectivity index (χ3v) is 14.0. The molecule has 2 aliphatic heterocycles. The second kappa shape index (κ2) is 16.3. The maximum atomic E-state index is 14.3. The second-order valence-corrected chi connectivity index (χ2v) is 18.4. The van der Waals surface area contributed by atoms with Gasteiger partial charge in [-0.05, 0) is 105 Å². The SMILES string of the molecule is C[C@H]1CN(S(=O)(=O)c2ccc(C(=O)N(C)C)cc2)CCCN(CC2CCCCC2)CCCN(S(=O)(=O)N2CCc3cc(Cl)ccc3C2)C1. The normalized spacial score (nSPS) is 22.4. The van der Waals surface area contributed by atoms with Gasteiger partial charge in [0.2, 0.25) is 10.0 Å². The predicted octanol–water partition coefficient (Wildman–Crippen LogP) is 4.95. The Morgan fingerprint density at radius 3 is 2.10 bits per heavy atom. The van der Waals surface area contributed by atoms with Gasteiger partial charge in [0.15, 0.2) is 0 Å². The van der Waals surface area contributed by atoms with Crippen molar-refractivity contribution in [2.75, 3.05) is 66.5 Å². The average molecular weight is 722 g/mol. The quantitative estimate of drug-likeness (QED) is 0.401. The summed E-state index contributed by atoms with van der Waals surface area (Å²) in [5.74, 6) is 0.175. The Labute approximate surface area is 293 Å². The molecule has 0 aromatic heterocycles. The first-order chi connectivity index (χ1) is 22.8. The van der Waals surface area contributed by atoms with Crippen LogP contribution in [-0.4, -0.2) is 112 Å². The number of fused-ring (bicyclic) bond motifs is 1. The zero-order chi connectivity index (χ0) is 34.5. The molecule has 1 saturated carbocycles. The van der Waals surface area contributed by atoms with E-state index in [2.05, 4.69) is 4.90 Å². The molecule has 0 bridgehead atoms. The van der Waals surface area contributed by atoms with E-state index in [1.165, 1.54) is 53.4 Å². The molecule has 2 aromatic rings. The van der Waals surface area contributed by atoms with Gasteiger partial charge in [0.1, 0.15) is 0 Å². The van der Waals surface area contributed by atoms with Gasteiger partial charge >= 0.3 is 0 Å². The molecule has 266 valence electrons. The minimum Gasteiger partial charge on any atom is -0.345 e. The van der Waals surface area contributed by atoms with Crippen molar-refractivity contribution in [3.8, 4) is 0 Å². The van der Waals surface area contributed by atoms with E-state index in [0.29, 0.717) is 55.5 Å². The van der Waals surface area contributed by atoms with E-state index in [1.807, 2.05) is 19.1 Å². The first kappa shape index (κ1) is 37.2. The monoisotopic (exact) mass is 721 g/mol. The van der Waals surface area contributed by atoms with Gasteiger partial charge in [-0.1, -0.05) is 43.9 Å². The van der Waals surface area contributed by atoms with Gasteiger partial charge in [-0.3, -0.25) is 4.79 Å². The molecular weight excluding hydrogens is 670 g/mol. The van der Waals surface area contributed by atoms with Crippen LogP contribution in [0.2, 0.25) is 5.02 Å². The summed E-state index contributed by atoms with van der Waals surface area (Å²) in [5.41, 5.74) is 2.46. The molecule has 1 saturated heterocycles. The second-order valence-electron chi connectivity index (χ2n) is 14.1. The number of benzene rings is 2. The maximum absolute atomic E-state index is 14.3. The average Bonchev–Trinajstić information content (AvgIpc) is 3.06. The minimum atomic E-state index is -3.90. The Balaban J connectivity index is 1.38. The third-order valence-electron chi connectivity index (χ3n) is 9.98. The lowest BCUT2D eigenvalue weighted by atomic mass is 9.89. The summed E-state index contributed by atoms with van der Waals surface area (Å²) in [5, 5.41) is 0.650. The molecule has 5 rings (SSSR count). The molecular formula is C35H52ClN5O5S2. The molecule has 0 N–H and O–H groups in total. The van der Waals surface area contributed by atoms with Gasteiger partial charge < -0.3 is 9.80 Å². The summed E-state index contributed by atoms with van der Waals surface area (Å²) in [6.45, 7) is 6.21. The summed E-state index contributed by atoms with van der Waals surface area (Å²) < 4.78 is 61.4. The maximum Gasteiger partial charge on any atom is 0.282 e. The molecule has 1 amide bonds. The first-order valence-corrected chi connectivity index (χ1v) is 20.6. The van der Waals surface area contributed by atoms with Gasteiger partial charge in [0.25, 0.3) is 16.1 Å². The first-order valence-electron chi connectivity index (χ1n) is 17.4. The zero-order valence-corrected chi connectivity index (χ0v) is 31.1. The van der Waals surface area contributed by atoms with Crippen LogP contribution >= 0.6 is 11.6 Å². The lowest BCUT2D eigenvalue weighted by Gasteiger charge is -2.36. The Kier molecular flexibility index (Phi) is 12.6. The molecule has 2 aromatic carbocycles. The molecule has 13 heteroatoms. The summed E-state index contributed by atoms with van der Waals surface area (Å²) >= 11 is 6.21. The molecule has 0 spiro atoms. The molecule has 0 unspecified atom stereocenters. The van der Waals surface area contributed by atoms with Crippen molar-refractivity contribution in [3.05, 3.63) is 64.2 Å². The van der Waals surface area contributed by atoms with E-state index in [1.54, 1.807) is 40.9 Å². The van der Waals surface area contributed by atoms with Crippen molar-refractivity contribution in [2.45, 2.75) is 69.7 Å². The van der Waals surface area contributed by atoms with Crippen molar-refractivity contribution in [3.63, 3.8) is 0 Å². The zero-order valence-electron chi connectivity index (χ0n) is 28.7. The van der Waals surface area contributed by atoms with Crippen LogP contribution in [0.4, 0.5) is 0 Å². The lowest BCUT2D eigenvalue weighted by molar-refractivity contribution is 0.0827. The molecule has 1 atom stereocenters. The fraction of sp³-hybridized carbons (Fsp3) is 0.629. The van der Waals surface area contributed by atoms with Crippen LogP contribution in [0.5, 0.6) is 0 Å². The number of nitrogens with zero attached hydrogens (tertiary/aromatic N) is 5. The predicted molar refractivity (Wildman–Crippen MR) is 191 cm³/mol. The van der Waals surface area contributed by atoms with E-state index < -0.39 is 20.2 Å². The number of rotatable bonds is 7. The number of sulfonamides is 1. The van der Waals surface area contributed by atoms with Crippen LogP contribution in [0.15, 0.2) is 47.4 Å². The largest absolute Gasteiger partial charge is 0.345 e. The number of halogens is 1. The van der Waals surface area contributed by atoms with Crippen molar-refractivity contribution < 1.29 is 21.6 Å². The van der Waals surface area contributed by atoms with E-state index in [4.69, 9.17) is 11.6 Å². The van der Waals surface area contributed by atoms with Crippen LogP contribution in [0.1, 0.15) is 73.4 Å². The summed E-state index contributed by atoms with van der Waals surface area (Å²) in [6, 6.07) is 11.7. The fourth-order valence-corrected chi connectivity index (χ4v) is 10.9. The minimum absolute atomic E-state index is 0.132. The highest BCUT2D eigenvalue weighted by atomic mass is 35.5. The number of carbonyl (C=O) groups excluding carboxylic acids is 1. The van der Waals surface area contributed by atoms with Crippen molar-refractivity contribution in [2.24, 2.45) is 11.8 Å². The van der Waals surface area contributed by atoms with Crippen molar-refractivity contribution >= 4 is 37.7 Å². The molecule has 2 fully saturated rings. The highest BCUT2D eigenvalue weighted by Crippen LogP contribution is 2.28. The van der Waals surface area contributed by atoms with Crippen LogP contribution in [0, 0.1) is 11.8 Å². The molecule has 3 aliphatic rings. The summed E-state index contributed by atoms with van der Waals surface area (Å²) in [7, 11) is -4.40. The van der Waals surface area contributed by atoms with Crippen LogP contribution in [0.25, 0.3) is 0 Å². The molecule has 48 heavy (non-hydrogen) atoms. The number of hydrogen-bond acceptors (Lipinski definition) is 6. The number of carbonyl (C=O) groups is 1. The smallest absolute Gasteiger partial charge is 0.282 e.